The van der Waals surface area contributed by atoms with Crippen molar-refractivity contribution in [3.8, 4) is 11.4 Å². The van der Waals surface area contributed by atoms with Crippen LogP contribution in [0.3, 0.4) is 0 Å². The van der Waals surface area contributed by atoms with E-state index in [-0.39, 0.29) is 30.0 Å². The van der Waals surface area contributed by atoms with Gasteiger partial charge in [-0.25, -0.2) is 4.39 Å². The summed E-state index contributed by atoms with van der Waals surface area (Å²) in [7, 11) is 0. The molecule has 0 spiro atoms. The molecule has 0 radical (unpaired) electrons. The van der Waals surface area contributed by atoms with Crippen molar-refractivity contribution in [1.82, 2.24) is 30.6 Å². The number of aromatic nitrogens is 4. The molecule has 1 amide bonds. The second-order valence-corrected chi connectivity index (χ2v) is 7.51. The van der Waals surface area contributed by atoms with E-state index < -0.39 is 0 Å². The van der Waals surface area contributed by atoms with Crippen molar-refractivity contribution in [2.24, 2.45) is 0 Å². The lowest BCUT2D eigenvalue weighted by atomic mass is 9.97. The summed E-state index contributed by atoms with van der Waals surface area (Å²) in [4.78, 5) is 19.4. The number of aromatic amines is 1. The maximum absolute atomic E-state index is 13.1. The third-order valence-electron chi connectivity index (χ3n) is 5.61. The summed E-state index contributed by atoms with van der Waals surface area (Å²) in [6.07, 6.45) is 2.58. The second-order valence-electron chi connectivity index (χ2n) is 7.51. The molecule has 1 aromatic carbocycles. The van der Waals surface area contributed by atoms with Crippen LogP contribution >= 0.6 is 12.4 Å². The molecular formula is C20H22ClFN6O2. The van der Waals surface area contributed by atoms with Crippen LogP contribution in [0.1, 0.15) is 46.4 Å². The van der Waals surface area contributed by atoms with Crippen LogP contribution < -0.4 is 5.32 Å². The first-order valence-electron chi connectivity index (χ1n) is 9.84. The van der Waals surface area contributed by atoms with Crippen LogP contribution in [0.5, 0.6) is 0 Å². The molecule has 0 saturated carbocycles. The van der Waals surface area contributed by atoms with Crippen molar-refractivity contribution in [3.63, 3.8) is 0 Å². The molecule has 2 aromatic heterocycles. The van der Waals surface area contributed by atoms with E-state index in [1.165, 1.54) is 12.1 Å². The predicted molar refractivity (Wildman–Crippen MR) is 109 cm³/mol. The number of rotatable bonds is 3. The molecule has 2 aliphatic rings. The highest BCUT2D eigenvalue weighted by molar-refractivity contribution is 5.94. The Morgan fingerprint density at radius 3 is 2.93 bits per heavy atom. The van der Waals surface area contributed by atoms with Crippen LogP contribution in [0.15, 0.2) is 28.8 Å². The zero-order valence-electron chi connectivity index (χ0n) is 16.2. The molecule has 0 aliphatic carbocycles. The Labute approximate surface area is 178 Å². The van der Waals surface area contributed by atoms with Gasteiger partial charge < -0.3 is 14.7 Å². The number of carbonyl (C=O) groups excluding carboxylic acids is 1. The van der Waals surface area contributed by atoms with Crippen molar-refractivity contribution < 1.29 is 13.7 Å². The molecule has 5 rings (SSSR count). The van der Waals surface area contributed by atoms with Gasteiger partial charge in [0.05, 0.1) is 5.92 Å². The quantitative estimate of drug-likeness (QED) is 0.660. The molecular weight excluding hydrogens is 411 g/mol. The molecule has 1 saturated heterocycles. The number of benzene rings is 1. The number of nitrogens with zero attached hydrogens (tertiary/aromatic N) is 4. The maximum atomic E-state index is 13.1. The molecule has 2 aliphatic heterocycles. The van der Waals surface area contributed by atoms with Gasteiger partial charge in [-0.15, -0.1) is 12.4 Å². The number of carbonyl (C=O) groups is 1. The molecule has 8 nitrogen and oxygen atoms in total. The molecule has 30 heavy (non-hydrogen) atoms. The number of hydrogen-bond donors (Lipinski definition) is 2. The largest absolute Gasteiger partial charge is 0.339 e. The smallest absolute Gasteiger partial charge is 0.274 e. The fraction of sp³-hybridized carbons (Fsp3) is 0.400. The van der Waals surface area contributed by atoms with E-state index >= 15 is 0 Å². The molecule has 0 bridgehead atoms. The Kier molecular flexibility index (Phi) is 5.83. The standard InChI is InChI=1S/C20H21FN6O2.ClH/c21-14-5-3-12(4-6-14)18-23-19(29-26-18)13-2-1-9-27(11-13)20(28)17-15-10-22-8-7-16(15)24-25-17;/h3-6,13,22H,1-2,7-11H2,(H,24,25);1H. The van der Waals surface area contributed by atoms with E-state index in [9.17, 15) is 9.18 Å². The third-order valence-corrected chi connectivity index (χ3v) is 5.61. The summed E-state index contributed by atoms with van der Waals surface area (Å²) in [5.41, 5.74) is 3.22. The highest BCUT2D eigenvalue weighted by Crippen LogP contribution is 2.29. The van der Waals surface area contributed by atoms with Gasteiger partial charge in [-0.1, -0.05) is 5.16 Å². The van der Waals surface area contributed by atoms with Gasteiger partial charge in [-0.05, 0) is 37.1 Å². The monoisotopic (exact) mass is 432 g/mol. The van der Waals surface area contributed by atoms with E-state index in [0.29, 0.717) is 42.6 Å². The summed E-state index contributed by atoms with van der Waals surface area (Å²) in [6.45, 7) is 2.75. The summed E-state index contributed by atoms with van der Waals surface area (Å²) >= 11 is 0. The molecule has 1 atom stereocenters. The highest BCUT2D eigenvalue weighted by Gasteiger charge is 2.32. The van der Waals surface area contributed by atoms with Gasteiger partial charge in [0.2, 0.25) is 11.7 Å². The van der Waals surface area contributed by atoms with Crippen molar-refractivity contribution in [3.05, 3.63) is 52.9 Å². The number of amides is 1. The molecule has 2 N–H and O–H groups in total. The van der Waals surface area contributed by atoms with Gasteiger partial charge in [-0.2, -0.15) is 10.1 Å². The molecule has 1 unspecified atom stereocenters. The topological polar surface area (TPSA) is 99.9 Å². The minimum Gasteiger partial charge on any atom is -0.339 e. The van der Waals surface area contributed by atoms with Crippen molar-refractivity contribution in [1.29, 1.82) is 0 Å². The number of likely N-dealkylation sites (tertiary alicyclic amines) is 1. The minimum absolute atomic E-state index is 0. The first-order chi connectivity index (χ1) is 14.2. The lowest BCUT2D eigenvalue weighted by Gasteiger charge is -2.30. The lowest BCUT2D eigenvalue weighted by molar-refractivity contribution is 0.0688. The zero-order chi connectivity index (χ0) is 19.8. The van der Waals surface area contributed by atoms with E-state index in [4.69, 9.17) is 4.52 Å². The number of fused-ring (bicyclic) bond motifs is 1. The van der Waals surface area contributed by atoms with Gasteiger partial charge in [0.15, 0.2) is 5.69 Å². The molecule has 10 heteroatoms. The average molecular weight is 433 g/mol. The third kappa shape index (κ3) is 3.82. The average Bonchev–Trinajstić information content (AvgIpc) is 3.42. The van der Waals surface area contributed by atoms with Gasteiger partial charge >= 0.3 is 0 Å². The van der Waals surface area contributed by atoms with E-state index in [0.717, 1.165) is 37.1 Å². The Morgan fingerprint density at radius 1 is 1.27 bits per heavy atom. The van der Waals surface area contributed by atoms with Crippen LogP contribution in [0, 0.1) is 5.82 Å². The maximum Gasteiger partial charge on any atom is 0.274 e. The van der Waals surface area contributed by atoms with E-state index in [1.807, 2.05) is 4.90 Å². The number of halogens is 2. The Hall–Kier alpha value is -2.78. The number of hydrogen-bond acceptors (Lipinski definition) is 6. The molecule has 3 aromatic rings. The Bertz CT molecular complexity index is 1030. The van der Waals surface area contributed by atoms with Crippen LogP contribution in [-0.2, 0) is 13.0 Å². The Balaban J connectivity index is 0.00000218. The molecule has 158 valence electrons. The summed E-state index contributed by atoms with van der Waals surface area (Å²) in [6, 6.07) is 5.97. The number of piperidine rings is 1. The lowest BCUT2D eigenvalue weighted by Crippen LogP contribution is -2.40. The molecule has 1 fully saturated rings. The first-order valence-corrected chi connectivity index (χ1v) is 9.84. The van der Waals surface area contributed by atoms with Crippen molar-refractivity contribution in [2.75, 3.05) is 19.6 Å². The minimum atomic E-state index is -0.311. The van der Waals surface area contributed by atoms with Crippen LogP contribution in [-0.4, -0.2) is 50.8 Å². The van der Waals surface area contributed by atoms with Crippen LogP contribution in [0.25, 0.3) is 11.4 Å². The SMILES string of the molecule is Cl.O=C(c1n[nH]c2c1CNCC2)N1CCCC(c2nc(-c3ccc(F)cc3)no2)C1. The van der Waals surface area contributed by atoms with Crippen LogP contribution in [0.4, 0.5) is 4.39 Å². The normalized spacial score (nSPS) is 18.6. The first kappa shape index (κ1) is 20.5. The predicted octanol–water partition coefficient (Wildman–Crippen LogP) is 2.69. The van der Waals surface area contributed by atoms with Gasteiger partial charge in [-0.3, -0.25) is 9.89 Å². The van der Waals surface area contributed by atoms with Gasteiger partial charge in [0, 0.05) is 49.4 Å². The summed E-state index contributed by atoms with van der Waals surface area (Å²) in [5.74, 6) is 0.537. The fourth-order valence-corrected chi connectivity index (χ4v) is 4.03. The number of nitrogens with one attached hydrogen (secondary N) is 2. The summed E-state index contributed by atoms with van der Waals surface area (Å²) in [5, 5.41) is 14.6. The second kappa shape index (κ2) is 8.53. The van der Waals surface area contributed by atoms with Gasteiger partial charge in [0.25, 0.3) is 5.91 Å². The van der Waals surface area contributed by atoms with Crippen molar-refractivity contribution >= 4 is 18.3 Å². The fourth-order valence-electron chi connectivity index (χ4n) is 4.03. The number of H-pyrrole nitrogens is 1. The van der Waals surface area contributed by atoms with Crippen molar-refractivity contribution in [2.45, 2.75) is 31.7 Å². The Morgan fingerprint density at radius 2 is 2.10 bits per heavy atom. The van der Waals surface area contributed by atoms with E-state index in [1.54, 1.807) is 12.1 Å². The highest BCUT2D eigenvalue weighted by atomic mass is 35.5. The van der Waals surface area contributed by atoms with Gasteiger partial charge in [0.1, 0.15) is 5.82 Å². The van der Waals surface area contributed by atoms with Crippen LogP contribution in [0.2, 0.25) is 0 Å². The van der Waals surface area contributed by atoms with E-state index in [2.05, 4.69) is 25.7 Å². The molecule has 4 heterocycles. The summed E-state index contributed by atoms with van der Waals surface area (Å²) < 4.78 is 18.6. The zero-order valence-corrected chi connectivity index (χ0v) is 17.0.